The molecule has 2 heterocycles. The van der Waals surface area contributed by atoms with Crippen LogP contribution >= 0.6 is 0 Å². The van der Waals surface area contributed by atoms with Crippen LogP contribution in [0.3, 0.4) is 0 Å². The number of aliphatic imine (C=N–C) groups is 1. The standard InChI is InChI=1S/C22H24N4O4S/c1-21(2)16-11-12-22(21,3)19-18(16)24-20(17-6-4-5-13-23-17)25(19)31(29,30)15-9-7-14(8-10-15)26(27)28/h4-10,13,16,18-19H,11-12H2,1-3H3/t16-,18-,19-,22+/m1/s1. The number of fused-ring (bicyclic) bond motifs is 5. The molecule has 0 spiro atoms. The van der Waals surface area contributed by atoms with Gasteiger partial charge in [0.05, 0.1) is 21.9 Å². The van der Waals surface area contributed by atoms with Crippen LogP contribution in [-0.4, -0.2) is 40.5 Å². The normalized spacial score (nSPS) is 30.9. The molecule has 2 aliphatic carbocycles. The molecule has 1 aliphatic heterocycles. The number of nitrogens with zero attached hydrogens (tertiary/aromatic N) is 4. The van der Waals surface area contributed by atoms with Gasteiger partial charge in [-0.3, -0.25) is 20.1 Å². The van der Waals surface area contributed by atoms with Gasteiger partial charge in [-0.1, -0.05) is 26.8 Å². The van der Waals surface area contributed by atoms with Crippen molar-refractivity contribution in [2.75, 3.05) is 0 Å². The first-order valence-corrected chi connectivity index (χ1v) is 11.8. The molecule has 0 radical (unpaired) electrons. The third-order valence-electron chi connectivity index (χ3n) is 7.99. The lowest BCUT2D eigenvalue weighted by atomic mass is 9.69. The van der Waals surface area contributed by atoms with Gasteiger partial charge >= 0.3 is 0 Å². The van der Waals surface area contributed by atoms with E-state index < -0.39 is 14.9 Å². The zero-order valence-electron chi connectivity index (χ0n) is 17.6. The fourth-order valence-electron chi connectivity index (χ4n) is 5.96. The molecule has 8 nitrogen and oxygen atoms in total. The van der Waals surface area contributed by atoms with Gasteiger partial charge in [0, 0.05) is 18.3 Å². The first-order chi connectivity index (χ1) is 14.6. The molecule has 162 valence electrons. The summed E-state index contributed by atoms with van der Waals surface area (Å²) in [5.74, 6) is 0.654. The van der Waals surface area contributed by atoms with Crippen LogP contribution in [0.2, 0.25) is 0 Å². The van der Waals surface area contributed by atoms with Crippen molar-refractivity contribution in [1.82, 2.24) is 9.29 Å². The summed E-state index contributed by atoms with van der Waals surface area (Å²) in [4.78, 5) is 19.8. The van der Waals surface area contributed by atoms with Gasteiger partial charge in [-0.25, -0.2) is 12.7 Å². The van der Waals surface area contributed by atoms with E-state index in [4.69, 9.17) is 4.99 Å². The van der Waals surface area contributed by atoms with Gasteiger partial charge in [0.25, 0.3) is 15.7 Å². The van der Waals surface area contributed by atoms with Crippen molar-refractivity contribution >= 4 is 21.5 Å². The van der Waals surface area contributed by atoms with Gasteiger partial charge in [0.1, 0.15) is 5.69 Å². The van der Waals surface area contributed by atoms with Crippen molar-refractivity contribution in [3.8, 4) is 0 Å². The Balaban J connectivity index is 1.67. The van der Waals surface area contributed by atoms with E-state index in [-0.39, 0.29) is 33.5 Å². The molecule has 5 rings (SSSR count). The second-order valence-electron chi connectivity index (χ2n) is 9.44. The molecule has 0 saturated heterocycles. The van der Waals surface area contributed by atoms with Crippen LogP contribution in [0.5, 0.6) is 0 Å². The minimum Gasteiger partial charge on any atom is -0.260 e. The lowest BCUT2D eigenvalue weighted by Crippen LogP contribution is -2.52. The summed E-state index contributed by atoms with van der Waals surface area (Å²) in [5.41, 5.74) is 0.0778. The second kappa shape index (κ2) is 6.35. The highest BCUT2D eigenvalue weighted by Crippen LogP contribution is 2.69. The van der Waals surface area contributed by atoms with Crippen molar-refractivity contribution in [2.45, 2.75) is 50.6 Å². The molecular weight excluding hydrogens is 416 g/mol. The Morgan fingerprint density at radius 3 is 2.45 bits per heavy atom. The Labute approximate surface area is 181 Å². The van der Waals surface area contributed by atoms with Gasteiger partial charge in [0.15, 0.2) is 5.84 Å². The minimum atomic E-state index is -4.00. The highest BCUT2D eigenvalue weighted by atomic mass is 32.2. The third-order valence-corrected chi connectivity index (χ3v) is 9.78. The fourth-order valence-corrected chi connectivity index (χ4v) is 7.70. The third kappa shape index (κ3) is 2.55. The van der Waals surface area contributed by atoms with E-state index in [1.807, 2.05) is 6.07 Å². The van der Waals surface area contributed by atoms with Crippen LogP contribution in [0.1, 0.15) is 39.3 Å². The van der Waals surface area contributed by atoms with E-state index in [1.165, 1.54) is 28.6 Å². The number of nitro groups is 1. The second-order valence-corrected chi connectivity index (χ2v) is 11.3. The molecule has 4 atom stereocenters. The van der Waals surface area contributed by atoms with Crippen molar-refractivity contribution in [3.63, 3.8) is 0 Å². The number of hydrogen-bond acceptors (Lipinski definition) is 6. The molecular formula is C22H24N4O4S. The molecule has 0 unspecified atom stereocenters. The van der Waals surface area contributed by atoms with Crippen LogP contribution < -0.4 is 0 Å². The maximum absolute atomic E-state index is 13.9. The zero-order valence-corrected chi connectivity index (χ0v) is 18.4. The Morgan fingerprint density at radius 1 is 1.13 bits per heavy atom. The molecule has 2 fully saturated rings. The number of aromatic nitrogens is 1. The summed E-state index contributed by atoms with van der Waals surface area (Å²) in [6.07, 6.45) is 3.58. The predicted octanol–water partition coefficient (Wildman–Crippen LogP) is 3.63. The zero-order chi connectivity index (χ0) is 22.2. The monoisotopic (exact) mass is 440 g/mol. The molecule has 9 heteroatoms. The first-order valence-electron chi connectivity index (χ1n) is 10.4. The van der Waals surface area contributed by atoms with Crippen LogP contribution in [0.15, 0.2) is 58.5 Å². The number of amidine groups is 1. The van der Waals surface area contributed by atoms with Crippen molar-refractivity contribution < 1.29 is 13.3 Å². The SMILES string of the molecule is CC1(C)[C@@H]2CC[C@@]1(C)[C@H]1[C@@H]2N=C(c2ccccn2)N1S(=O)(=O)c1ccc([N+](=O)[O-])cc1. The van der Waals surface area contributed by atoms with E-state index in [2.05, 4.69) is 25.8 Å². The number of benzene rings is 1. The number of hydrogen-bond donors (Lipinski definition) is 0. The average Bonchev–Trinajstić information content (AvgIpc) is 3.31. The average molecular weight is 441 g/mol. The number of pyridine rings is 1. The Morgan fingerprint density at radius 2 is 1.84 bits per heavy atom. The van der Waals surface area contributed by atoms with Crippen LogP contribution in [0.4, 0.5) is 5.69 Å². The van der Waals surface area contributed by atoms with Gasteiger partial charge in [0.2, 0.25) is 0 Å². The molecule has 3 aliphatic rings. The van der Waals surface area contributed by atoms with Crippen LogP contribution in [-0.2, 0) is 10.0 Å². The molecule has 0 N–H and O–H groups in total. The number of sulfonamides is 1. The molecule has 31 heavy (non-hydrogen) atoms. The maximum atomic E-state index is 13.9. The van der Waals surface area contributed by atoms with Crippen molar-refractivity contribution in [3.05, 3.63) is 64.5 Å². The smallest absolute Gasteiger partial charge is 0.260 e. The van der Waals surface area contributed by atoms with Gasteiger partial charge < -0.3 is 0 Å². The Kier molecular flexibility index (Phi) is 4.12. The van der Waals surface area contributed by atoms with Crippen molar-refractivity contribution in [2.24, 2.45) is 21.7 Å². The quantitative estimate of drug-likeness (QED) is 0.533. The van der Waals surface area contributed by atoms with Gasteiger partial charge in [-0.05, 0) is 53.9 Å². The molecule has 0 amide bonds. The van der Waals surface area contributed by atoms with E-state index in [1.54, 1.807) is 18.3 Å². The highest BCUT2D eigenvalue weighted by molar-refractivity contribution is 7.89. The predicted molar refractivity (Wildman–Crippen MR) is 115 cm³/mol. The Hall–Kier alpha value is -2.81. The van der Waals surface area contributed by atoms with E-state index >= 15 is 0 Å². The summed E-state index contributed by atoms with van der Waals surface area (Å²) in [5, 5.41) is 11.0. The summed E-state index contributed by atoms with van der Waals surface area (Å²) in [6.45, 7) is 6.61. The van der Waals surface area contributed by atoms with E-state index in [9.17, 15) is 18.5 Å². The number of rotatable bonds is 4. The minimum absolute atomic E-state index is 0.0200. The van der Waals surface area contributed by atoms with Gasteiger partial charge in [-0.15, -0.1) is 0 Å². The van der Waals surface area contributed by atoms with Crippen LogP contribution in [0, 0.1) is 26.9 Å². The molecule has 1 aromatic carbocycles. The topological polar surface area (TPSA) is 106 Å². The maximum Gasteiger partial charge on any atom is 0.269 e. The molecule has 2 aromatic rings. The van der Waals surface area contributed by atoms with E-state index in [0.29, 0.717) is 17.4 Å². The highest BCUT2D eigenvalue weighted by Gasteiger charge is 2.71. The largest absolute Gasteiger partial charge is 0.269 e. The lowest BCUT2D eigenvalue weighted by Gasteiger charge is -2.42. The Bertz CT molecular complexity index is 1190. The van der Waals surface area contributed by atoms with Crippen LogP contribution in [0.25, 0.3) is 0 Å². The lowest BCUT2D eigenvalue weighted by molar-refractivity contribution is -0.384. The van der Waals surface area contributed by atoms with Gasteiger partial charge in [-0.2, -0.15) is 0 Å². The summed E-state index contributed by atoms with van der Waals surface area (Å²) in [6, 6.07) is 9.99. The molecule has 1 aromatic heterocycles. The summed E-state index contributed by atoms with van der Waals surface area (Å²) in [7, 11) is -4.00. The van der Waals surface area contributed by atoms with E-state index in [0.717, 1.165) is 12.8 Å². The summed E-state index contributed by atoms with van der Waals surface area (Å²) >= 11 is 0. The van der Waals surface area contributed by atoms with Crippen molar-refractivity contribution in [1.29, 1.82) is 0 Å². The summed E-state index contributed by atoms with van der Waals surface area (Å²) < 4.78 is 29.3. The first kappa shape index (κ1) is 20.1. The fraction of sp³-hybridized carbons (Fsp3) is 0.455. The molecule has 2 saturated carbocycles. The number of nitro benzene ring substituents is 1. The number of non-ortho nitro benzene ring substituents is 1. The molecule has 2 bridgehead atoms.